The highest BCUT2D eigenvalue weighted by atomic mass is 16.5. The van der Waals surface area contributed by atoms with Gasteiger partial charge in [-0.25, -0.2) is 0 Å². The van der Waals surface area contributed by atoms with Gasteiger partial charge < -0.3 is 14.4 Å². The van der Waals surface area contributed by atoms with Crippen LogP contribution < -0.4 is 9.64 Å². The van der Waals surface area contributed by atoms with Crippen molar-refractivity contribution in [3.8, 4) is 5.75 Å². The fourth-order valence-electron chi connectivity index (χ4n) is 3.03. The number of rotatable bonds is 4. The minimum absolute atomic E-state index is 0.0313. The van der Waals surface area contributed by atoms with Gasteiger partial charge in [0.05, 0.1) is 7.11 Å². The van der Waals surface area contributed by atoms with Crippen LogP contribution in [0, 0.1) is 17.8 Å². The van der Waals surface area contributed by atoms with Gasteiger partial charge in [0, 0.05) is 24.6 Å². The average molecular weight is 289 g/mol. The van der Waals surface area contributed by atoms with Gasteiger partial charge >= 0.3 is 0 Å². The third-order valence-electron chi connectivity index (χ3n) is 4.45. The van der Waals surface area contributed by atoms with E-state index >= 15 is 0 Å². The predicted octanol–water partition coefficient (Wildman–Crippen LogP) is 2.91. The van der Waals surface area contributed by atoms with Crippen LogP contribution in [0.15, 0.2) is 24.3 Å². The first-order valence-electron chi connectivity index (χ1n) is 7.43. The summed E-state index contributed by atoms with van der Waals surface area (Å²) < 4.78 is 5.12. The molecule has 0 bridgehead atoms. The molecule has 114 valence electrons. The lowest BCUT2D eigenvalue weighted by atomic mass is 9.74. The molecule has 0 aromatic heterocycles. The number of hydrogen-bond donors (Lipinski definition) is 0. The quantitative estimate of drug-likeness (QED) is 0.801. The fraction of sp³-hybridized carbons (Fsp3) is 0.529. The van der Waals surface area contributed by atoms with Crippen LogP contribution in [0.2, 0.25) is 0 Å². The first-order valence-corrected chi connectivity index (χ1v) is 7.43. The van der Waals surface area contributed by atoms with E-state index in [2.05, 4.69) is 6.92 Å². The van der Waals surface area contributed by atoms with E-state index in [-0.39, 0.29) is 17.7 Å². The van der Waals surface area contributed by atoms with Crippen LogP contribution in [0.25, 0.3) is 0 Å². The monoisotopic (exact) mass is 289 g/mol. The maximum Gasteiger partial charge on any atom is 0.230 e. The molecule has 0 saturated heterocycles. The molecule has 1 aliphatic carbocycles. The van der Waals surface area contributed by atoms with E-state index in [4.69, 9.17) is 4.74 Å². The highest BCUT2D eigenvalue weighted by Gasteiger charge is 2.35. The molecule has 0 radical (unpaired) electrons. The number of methoxy groups -OCH3 is 1. The second-order valence-electron chi connectivity index (χ2n) is 5.92. The van der Waals surface area contributed by atoms with Gasteiger partial charge in [-0.05, 0) is 49.4 Å². The van der Waals surface area contributed by atoms with E-state index < -0.39 is 0 Å². The van der Waals surface area contributed by atoms with E-state index in [1.54, 1.807) is 19.1 Å². The number of carbonyl (C=O) groups is 2. The molecule has 0 spiro atoms. The lowest BCUT2D eigenvalue weighted by Gasteiger charge is -2.33. The van der Waals surface area contributed by atoms with Gasteiger partial charge in [0.1, 0.15) is 12.0 Å². The molecule has 1 saturated carbocycles. The Morgan fingerprint density at radius 3 is 2.52 bits per heavy atom. The summed E-state index contributed by atoms with van der Waals surface area (Å²) in [6.07, 6.45) is 3.59. The van der Waals surface area contributed by atoms with E-state index in [1.807, 2.05) is 24.3 Å². The number of ether oxygens (including phenoxy) is 1. The van der Waals surface area contributed by atoms with Crippen molar-refractivity contribution in [2.45, 2.75) is 26.2 Å². The van der Waals surface area contributed by atoms with Crippen LogP contribution in [-0.4, -0.2) is 26.4 Å². The lowest BCUT2D eigenvalue weighted by Crippen LogP contribution is -2.40. The molecule has 1 amide bonds. The summed E-state index contributed by atoms with van der Waals surface area (Å²) in [5.74, 6) is 0.952. The van der Waals surface area contributed by atoms with Crippen LogP contribution in [0.5, 0.6) is 5.75 Å². The standard InChI is InChI=1S/C17H23NO3/c1-12-4-5-13(11-19)16(10-12)17(20)18(2)14-6-8-15(21-3)9-7-14/h6-9,11-13,16H,4-5,10H2,1-3H3. The number of anilines is 1. The summed E-state index contributed by atoms with van der Waals surface area (Å²) in [4.78, 5) is 25.6. The molecule has 0 N–H and O–H groups in total. The molecule has 3 unspecified atom stereocenters. The molecule has 0 heterocycles. The molecule has 3 atom stereocenters. The Kier molecular flexibility index (Phi) is 4.99. The molecule has 21 heavy (non-hydrogen) atoms. The highest BCUT2D eigenvalue weighted by Crippen LogP contribution is 2.34. The number of benzene rings is 1. The Balaban J connectivity index is 2.14. The van der Waals surface area contributed by atoms with E-state index in [1.165, 1.54) is 0 Å². The maximum atomic E-state index is 12.7. The van der Waals surface area contributed by atoms with Crippen LogP contribution in [-0.2, 0) is 9.59 Å². The number of aldehydes is 1. The van der Waals surface area contributed by atoms with Gasteiger partial charge in [-0.15, -0.1) is 0 Å². The van der Waals surface area contributed by atoms with E-state index in [0.29, 0.717) is 5.92 Å². The Hall–Kier alpha value is -1.84. The Morgan fingerprint density at radius 2 is 1.95 bits per heavy atom. The Labute approximate surface area is 126 Å². The van der Waals surface area contributed by atoms with Crippen LogP contribution in [0.1, 0.15) is 26.2 Å². The lowest BCUT2D eigenvalue weighted by molar-refractivity contribution is -0.129. The van der Waals surface area contributed by atoms with Crippen molar-refractivity contribution >= 4 is 17.9 Å². The van der Waals surface area contributed by atoms with Crippen LogP contribution >= 0.6 is 0 Å². The fourth-order valence-corrected chi connectivity index (χ4v) is 3.03. The molecule has 2 rings (SSSR count). The maximum absolute atomic E-state index is 12.7. The summed E-state index contributed by atoms with van der Waals surface area (Å²) >= 11 is 0. The van der Waals surface area contributed by atoms with Crippen molar-refractivity contribution in [2.75, 3.05) is 19.1 Å². The molecule has 1 fully saturated rings. The number of carbonyl (C=O) groups excluding carboxylic acids is 2. The SMILES string of the molecule is COc1ccc(N(C)C(=O)C2CC(C)CCC2C=O)cc1. The largest absolute Gasteiger partial charge is 0.497 e. The zero-order valence-corrected chi connectivity index (χ0v) is 12.9. The number of hydrogen-bond acceptors (Lipinski definition) is 3. The first kappa shape index (κ1) is 15.5. The minimum Gasteiger partial charge on any atom is -0.497 e. The second-order valence-corrected chi connectivity index (χ2v) is 5.92. The summed E-state index contributed by atoms with van der Waals surface area (Å²) in [7, 11) is 3.38. The smallest absolute Gasteiger partial charge is 0.230 e. The zero-order chi connectivity index (χ0) is 15.4. The molecular formula is C17H23NO3. The molecule has 1 aromatic rings. The third-order valence-corrected chi connectivity index (χ3v) is 4.45. The summed E-state index contributed by atoms with van der Waals surface area (Å²) in [6.45, 7) is 2.15. The molecule has 1 aliphatic rings. The van der Waals surface area contributed by atoms with Gasteiger partial charge in [-0.1, -0.05) is 6.92 Å². The number of amides is 1. The first-order chi connectivity index (χ1) is 10.1. The van der Waals surface area contributed by atoms with Crippen molar-refractivity contribution in [3.05, 3.63) is 24.3 Å². The minimum atomic E-state index is -0.196. The summed E-state index contributed by atoms with van der Waals surface area (Å²) in [6, 6.07) is 7.39. The van der Waals surface area contributed by atoms with E-state index in [9.17, 15) is 9.59 Å². The Bertz CT molecular complexity index is 497. The highest BCUT2D eigenvalue weighted by molar-refractivity contribution is 5.96. The van der Waals surface area contributed by atoms with Gasteiger partial charge in [-0.2, -0.15) is 0 Å². The normalized spacial score (nSPS) is 25.2. The summed E-state index contributed by atoms with van der Waals surface area (Å²) in [5, 5.41) is 0. The number of nitrogens with zero attached hydrogens (tertiary/aromatic N) is 1. The summed E-state index contributed by atoms with van der Waals surface area (Å²) in [5.41, 5.74) is 0.823. The van der Waals surface area contributed by atoms with Gasteiger partial charge in [-0.3, -0.25) is 4.79 Å². The van der Waals surface area contributed by atoms with Crippen molar-refractivity contribution in [1.82, 2.24) is 0 Å². The predicted molar refractivity (Wildman–Crippen MR) is 82.5 cm³/mol. The van der Waals surface area contributed by atoms with Gasteiger partial charge in [0.2, 0.25) is 5.91 Å². The van der Waals surface area contributed by atoms with Crippen molar-refractivity contribution in [3.63, 3.8) is 0 Å². The zero-order valence-electron chi connectivity index (χ0n) is 12.9. The van der Waals surface area contributed by atoms with Gasteiger partial charge in [0.25, 0.3) is 0 Å². The second kappa shape index (κ2) is 6.74. The molecular weight excluding hydrogens is 266 g/mol. The topological polar surface area (TPSA) is 46.6 Å². The van der Waals surface area contributed by atoms with Crippen molar-refractivity contribution < 1.29 is 14.3 Å². The van der Waals surface area contributed by atoms with Crippen LogP contribution in [0.3, 0.4) is 0 Å². The van der Waals surface area contributed by atoms with E-state index in [0.717, 1.165) is 37.0 Å². The van der Waals surface area contributed by atoms with Crippen LogP contribution in [0.4, 0.5) is 5.69 Å². The molecule has 1 aromatic carbocycles. The molecule has 4 heteroatoms. The third kappa shape index (κ3) is 3.43. The molecule has 4 nitrogen and oxygen atoms in total. The van der Waals surface area contributed by atoms with Gasteiger partial charge in [0.15, 0.2) is 0 Å². The Morgan fingerprint density at radius 1 is 1.29 bits per heavy atom. The average Bonchev–Trinajstić information content (AvgIpc) is 2.53. The molecule has 0 aliphatic heterocycles. The van der Waals surface area contributed by atoms with Crippen molar-refractivity contribution in [1.29, 1.82) is 0 Å². The van der Waals surface area contributed by atoms with Crippen molar-refractivity contribution in [2.24, 2.45) is 17.8 Å².